The van der Waals surface area contributed by atoms with Gasteiger partial charge in [-0.1, -0.05) is 46.7 Å². The Balaban J connectivity index is 1.25. The van der Waals surface area contributed by atoms with E-state index in [1.807, 2.05) is 12.1 Å². The van der Waals surface area contributed by atoms with Gasteiger partial charge in [-0.15, -0.1) is 0 Å². The van der Waals surface area contributed by atoms with Gasteiger partial charge < -0.3 is 15.5 Å². The van der Waals surface area contributed by atoms with E-state index in [1.54, 1.807) is 29.5 Å². The number of hydrogen-bond acceptors (Lipinski definition) is 4. The quantitative estimate of drug-likeness (QED) is 0.558. The topological polar surface area (TPSA) is 57.3 Å². The number of amides is 2. The van der Waals surface area contributed by atoms with Crippen LogP contribution >= 0.6 is 34.5 Å². The highest BCUT2D eigenvalue weighted by atomic mass is 35.5. The van der Waals surface area contributed by atoms with E-state index in [1.165, 1.54) is 4.70 Å². The van der Waals surface area contributed by atoms with Gasteiger partial charge in [0.2, 0.25) is 0 Å². The molecule has 1 aromatic heterocycles. The van der Waals surface area contributed by atoms with Crippen LogP contribution in [0.1, 0.15) is 12.8 Å². The number of piperidine rings is 1. The minimum absolute atomic E-state index is 0.230. The van der Waals surface area contributed by atoms with Crippen LogP contribution in [0.4, 0.5) is 15.6 Å². The Morgan fingerprint density at radius 1 is 1.14 bits per heavy atom. The number of rotatable bonds is 4. The molecular weight excluding hydrogens is 415 g/mol. The van der Waals surface area contributed by atoms with Gasteiger partial charge >= 0.3 is 6.03 Å². The van der Waals surface area contributed by atoms with Crippen molar-refractivity contribution in [2.75, 3.05) is 29.9 Å². The summed E-state index contributed by atoms with van der Waals surface area (Å²) >= 11 is 13.6. The maximum absolute atomic E-state index is 12.1. The van der Waals surface area contributed by atoms with Crippen LogP contribution < -0.4 is 15.5 Å². The Labute approximate surface area is 177 Å². The third kappa shape index (κ3) is 4.51. The maximum Gasteiger partial charge on any atom is 0.319 e. The average molecular weight is 435 g/mol. The molecule has 2 amide bonds. The number of thiazole rings is 1. The predicted molar refractivity (Wildman–Crippen MR) is 118 cm³/mol. The number of benzene rings is 2. The van der Waals surface area contributed by atoms with Gasteiger partial charge in [-0.2, -0.15) is 0 Å². The summed E-state index contributed by atoms with van der Waals surface area (Å²) in [6.07, 6.45) is 2.06. The minimum atomic E-state index is -0.230. The summed E-state index contributed by atoms with van der Waals surface area (Å²) in [6.45, 7) is 2.57. The lowest BCUT2D eigenvalue weighted by Crippen LogP contribution is -2.39. The van der Waals surface area contributed by atoms with Gasteiger partial charge in [0.05, 0.1) is 20.3 Å². The van der Waals surface area contributed by atoms with Crippen molar-refractivity contribution in [3.8, 4) is 0 Å². The summed E-state index contributed by atoms with van der Waals surface area (Å²) in [4.78, 5) is 19.2. The number of carbonyl (C=O) groups excluding carboxylic acids is 1. The molecule has 1 saturated heterocycles. The van der Waals surface area contributed by atoms with Crippen molar-refractivity contribution in [3.05, 3.63) is 52.5 Å². The Hall–Kier alpha value is -2.02. The van der Waals surface area contributed by atoms with Gasteiger partial charge in [0.15, 0.2) is 5.13 Å². The summed E-state index contributed by atoms with van der Waals surface area (Å²) in [5, 5.41) is 7.71. The molecule has 2 heterocycles. The first-order valence-electron chi connectivity index (χ1n) is 9.19. The Morgan fingerprint density at radius 3 is 2.68 bits per heavy atom. The van der Waals surface area contributed by atoms with Crippen molar-refractivity contribution in [1.82, 2.24) is 10.3 Å². The van der Waals surface area contributed by atoms with E-state index in [2.05, 4.69) is 27.7 Å². The van der Waals surface area contributed by atoms with Crippen LogP contribution in [0.15, 0.2) is 42.5 Å². The van der Waals surface area contributed by atoms with E-state index in [4.69, 9.17) is 28.2 Å². The second-order valence-corrected chi connectivity index (χ2v) is 8.68. The van der Waals surface area contributed by atoms with Gasteiger partial charge in [0.25, 0.3) is 0 Å². The molecule has 4 rings (SSSR count). The fourth-order valence-electron chi connectivity index (χ4n) is 3.31. The van der Waals surface area contributed by atoms with E-state index in [-0.39, 0.29) is 6.03 Å². The van der Waals surface area contributed by atoms with E-state index in [0.717, 1.165) is 36.6 Å². The molecule has 28 heavy (non-hydrogen) atoms. The highest BCUT2D eigenvalue weighted by Crippen LogP contribution is 2.31. The molecule has 0 atom stereocenters. The zero-order valence-electron chi connectivity index (χ0n) is 15.1. The number of nitrogens with zero attached hydrogens (tertiary/aromatic N) is 2. The number of anilines is 2. The lowest BCUT2D eigenvalue weighted by atomic mass is 9.97. The van der Waals surface area contributed by atoms with Gasteiger partial charge in [0.1, 0.15) is 0 Å². The molecule has 0 bridgehead atoms. The van der Waals surface area contributed by atoms with Gasteiger partial charge in [0, 0.05) is 25.3 Å². The second kappa shape index (κ2) is 8.55. The number of para-hydroxylation sites is 1. The number of hydrogen-bond donors (Lipinski definition) is 2. The SMILES string of the molecule is O=C(NCC1CCN(c2nc3ccccc3s2)CC1)Nc1ccc(Cl)c(Cl)c1. The molecule has 0 spiro atoms. The molecule has 0 aliphatic carbocycles. The van der Waals surface area contributed by atoms with Gasteiger partial charge in [-0.3, -0.25) is 0 Å². The molecule has 2 N–H and O–H groups in total. The van der Waals surface area contributed by atoms with Crippen LogP contribution in [0.5, 0.6) is 0 Å². The van der Waals surface area contributed by atoms with Gasteiger partial charge in [-0.25, -0.2) is 9.78 Å². The number of aromatic nitrogens is 1. The maximum atomic E-state index is 12.1. The Bertz CT molecular complexity index is 952. The van der Waals surface area contributed by atoms with Crippen molar-refractivity contribution >= 4 is 61.6 Å². The first-order valence-corrected chi connectivity index (χ1v) is 10.8. The third-order valence-corrected chi connectivity index (χ3v) is 6.73. The fourth-order valence-corrected chi connectivity index (χ4v) is 4.63. The molecule has 1 fully saturated rings. The molecule has 2 aromatic carbocycles. The van der Waals surface area contributed by atoms with Crippen molar-refractivity contribution in [3.63, 3.8) is 0 Å². The highest BCUT2D eigenvalue weighted by molar-refractivity contribution is 7.22. The molecule has 1 aliphatic rings. The average Bonchev–Trinajstić information content (AvgIpc) is 3.14. The highest BCUT2D eigenvalue weighted by Gasteiger charge is 2.22. The largest absolute Gasteiger partial charge is 0.348 e. The van der Waals surface area contributed by atoms with Crippen molar-refractivity contribution in [1.29, 1.82) is 0 Å². The molecule has 0 radical (unpaired) electrons. The zero-order chi connectivity index (χ0) is 19.5. The van der Waals surface area contributed by atoms with E-state index < -0.39 is 0 Å². The smallest absolute Gasteiger partial charge is 0.319 e. The standard InChI is InChI=1S/C20H20Cl2N4OS/c21-15-6-5-14(11-16(15)22)24-19(27)23-12-13-7-9-26(10-8-13)20-25-17-3-1-2-4-18(17)28-20/h1-6,11,13H,7-10,12H2,(H2,23,24,27). The molecule has 3 aromatic rings. The summed E-state index contributed by atoms with van der Waals surface area (Å²) in [5.41, 5.74) is 1.68. The van der Waals surface area contributed by atoms with Crippen molar-refractivity contribution in [2.45, 2.75) is 12.8 Å². The molecule has 0 unspecified atom stereocenters. The summed E-state index contributed by atoms with van der Waals surface area (Å²) in [5.74, 6) is 0.463. The van der Waals surface area contributed by atoms with E-state index >= 15 is 0 Å². The monoisotopic (exact) mass is 434 g/mol. The molecule has 146 valence electrons. The number of fused-ring (bicyclic) bond motifs is 1. The van der Waals surface area contributed by atoms with E-state index in [0.29, 0.717) is 28.2 Å². The zero-order valence-corrected chi connectivity index (χ0v) is 17.4. The Morgan fingerprint density at radius 2 is 1.93 bits per heavy atom. The normalized spacial score (nSPS) is 15.0. The molecular formula is C20H20Cl2N4OS. The van der Waals surface area contributed by atoms with Crippen LogP contribution in [0, 0.1) is 5.92 Å². The molecule has 0 saturated carbocycles. The molecule has 5 nitrogen and oxygen atoms in total. The summed E-state index contributed by atoms with van der Waals surface area (Å²) in [6, 6.07) is 13.0. The van der Waals surface area contributed by atoms with Crippen LogP contribution in [0.25, 0.3) is 10.2 Å². The lowest BCUT2D eigenvalue weighted by molar-refractivity contribution is 0.248. The summed E-state index contributed by atoms with van der Waals surface area (Å²) < 4.78 is 1.22. The number of halogens is 2. The van der Waals surface area contributed by atoms with Crippen LogP contribution in [0.3, 0.4) is 0 Å². The summed E-state index contributed by atoms with van der Waals surface area (Å²) in [7, 11) is 0. The van der Waals surface area contributed by atoms with Crippen LogP contribution in [-0.4, -0.2) is 30.6 Å². The molecule has 8 heteroatoms. The number of nitrogens with one attached hydrogen (secondary N) is 2. The fraction of sp³-hybridized carbons (Fsp3) is 0.300. The number of urea groups is 1. The lowest BCUT2D eigenvalue weighted by Gasteiger charge is -2.31. The first kappa shape index (κ1) is 19.3. The van der Waals surface area contributed by atoms with Crippen molar-refractivity contribution in [2.24, 2.45) is 5.92 Å². The third-order valence-electron chi connectivity index (χ3n) is 4.90. The Kier molecular flexibility index (Phi) is 5.90. The number of carbonyl (C=O) groups is 1. The molecule has 1 aliphatic heterocycles. The van der Waals surface area contributed by atoms with E-state index in [9.17, 15) is 4.79 Å². The van der Waals surface area contributed by atoms with Crippen molar-refractivity contribution < 1.29 is 4.79 Å². The van der Waals surface area contributed by atoms with Crippen LogP contribution in [0.2, 0.25) is 10.0 Å². The minimum Gasteiger partial charge on any atom is -0.348 e. The first-order chi connectivity index (χ1) is 13.6. The second-order valence-electron chi connectivity index (χ2n) is 6.86. The predicted octanol–water partition coefficient (Wildman–Crippen LogP) is 5.64. The van der Waals surface area contributed by atoms with Crippen LogP contribution in [-0.2, 0) is 0 Å². The van der Waals surface area contributed by atoms with Gasteiger partial charge in [-0.05, 0) is 49.1 Å².